The minimum absolute atomic E-state index is 0.0341. The number of hydrogen-bond donors (Lipinski definition) is 0. The molecule has 0 N–H and O–H groups in total. The highest BCUT2D eigenvalue weighted by molar-refractivity contribution is 6.59. The van der Waals surface area contributed by atoms with E-state index in [1.54, 1.807) is 6.07 Å². The van der Waals surface area contributed by atoms with Crippen LogP contribution in [0.15, 0.2) is 27.7 Å². The number of halogens is 3. The van der Waals surface area contributed by atoms with E-state index in [1.165, 1.54) is 0 Å². The lowest BCUT2D eigenvalue weighted by Crippen LogP contribution is -2.00. The second-order valence-electron chi connectivity index (χ2n) is 3.56. The van der Waals surface area contributed by atoms with Crippen LogP contribution in [0.5, 0.6) is 0 Å². The predicted molar refractivity (Wildman–Crippen MR) is 69.4 cm³/mol. The SMILES string of the molecule is Cc1ccc(C(=O)CC(Cl)=C(Cl)Cl)cc1C. The van der Waals surface area contributed by atoms with Gasteiger partial charge in [0, 0.05) is 12.0 Å². The summed E-state index contributed by atoms with van der Waals surface area (Å²) in [4.78, 5) is 11.8. The molecule has 0 bridgehead atoms. The van der Waals surface area contributed by atoms with Crippen LogP contribution in [0.4, 0.5) is 0 Å². The highest BCUT2D eigenvalue weighted by Gasteiger charge is 2.10. The van der Waals surface area contributed by atoms with Gasteiger partial charge in [-0.05, 0) is 31.0 Å². The van der Waals surface area contributed by atoms with Crippen LogP contribution in [0, 0.1) is 13.8 Å². The smallest absolute Gasteiger partial charge is 0.168 e. The molecule has 0 atom stereocenters. The van der Waals surface area contributed by atoms with Crippen molar-refractivity contribution in [3.63, 3.8) is 0 Å². The highest BCUT2D eigenvalue weighted by atomic mass is 35.5. The van der Waals surface area contributed by atoms with Gasteiger partial charge in [0.1, 0.15) is 4.49 Å². The molecule has 0 saturated heterocycles. The molecule has 0 fully saturated rings. The van der Waals surface area contributed by atoms with Gasteiger partial charge in [0.25, 0.3) is 0 Å². The van der Waals surface area contributed by atoms with Crippen molar-refractivity contribution in [1.82, 2.24) is 0 Å². The third kappa shape index (κ3) is 3.51. The number of benzene rings is 1. The van der Waals surface area contributed by atoms with Crippen molar-refractivity contribution in [2.75, 3.05) is 0 Å². The zero-order valence-corrected chi connectivity index (χ0v) is 11.2. The van der Waals surface area contributed by atoms with Crippen molar-refractivity contribution in [1.29, 1.82) is 0 Å². The molecule has 1 nitrogen and oxygen atoms in total. The fraction of sp³-hybridized carbons (Fsp3) is 0.250. The van der Waals surface area contributed by atoms with E-state index in [9.17, 15) is 4.79 Å². The van der Waals surface area contributed by atoms with Crippen molar-refractivity contribution in [3.8, 4) is 0 Å². The summed E-state index contributed by atoms with van der Waals surface area (Å²) in [6.45, 7) is 3.95. The first kappa shape index (κ1) is 13.6. The average molecular weight is 278 g/mol. The van der Waals surface area contributed by atoms with Crippen molar-refractivity contribution in [2.45, 2.75) is 20.3 Å². The maximum Gasteiger partial charge on any atom is 0.168 e. The van der Waals surface area contributed by atoms with Crippen LogP contribution in [0.2, 0.25) is 0 Å². The van der Waals surface area contributed by atoms with Crippen LogP contribution in [0.3, 0.4) is 0 Å². The van der Waals surface area contributed by atoms with Crippen LogP contribution in [0.1, 0.15) is 27.9 Å². The Morgan fingerprint density at radius 2 is 1.75 bits per heavy atom. The van der Waals surface area contributed by atoms with Gasteiger partial charge in [-0.1, -0.05) is 46.9 Å². The molecule has 1 aromatic carbocycles. The van der Waals surface area contributed by atoms with E-state index in [-0.39, 0.29) is 21.7 Å². The fourth-order valence-electron chi connectivity index (χ4n) is 1.22. The van der Waals surface area contributed by atoms with Crippen molar-refractivity contribution in [2.24, 2.45) is 0 Å². The minimum Gasteiger partial charge on any atom is -0.294 e. The molecule has 1 rings (SSSR count). The van der Waals surface area contributed by atoms with Gasteiger partial charge in [0.2, 0.25) is 0 Å². The fourth-order valence-corrected chi connectivity index (χ4v) is 1.48. The number of Topliss-reactive ketones (excluding diaryl/α,β-unsaturated/α-hetero) is 1. The molecule has 0 spiro atoms. The molecule has 0 saturated carbocycles. The van der Waals surface area contributed by atoms with Gasteiger partial charge in [0.05, 0.1) is 5.03 Å². The van der Waals surface area contributed by atoms with E-state index >= 15 is 0 Å². The predicted octanol–water partition coefficient (Wildman–Crippen LogP) is 4.76. The summed E-state index contributed by atoms with van der Waals surface area (Å²) in [5.74, 6) is -0.0908. The van der Waals surface area contributed by atoms with E-state index in [0.717, 1.165) is 11.1 Å². The van der Waals surface area contributed by atoms with E-state index in [0.29, 0.717) is 5.56 Å². The monoisotopic (exact) mass is 276 g/mol. The third-order valence-corrected chi connectivity index (χ3v) is 3.32. The molecule has 1 aromatic rings. The summed E-state index contributed by atoms with van der Waals surface area (Å²) in [6, 6.07) is 5.52. The zero-order chi connectivity index (χ0) is 12.3. The first-order valence-electron chi connectivity index (χ1n) is 4.72. The lowest BCUT2D eigenvalue weighted by molar-refractivity contribution is 0.0994. The van der Waals surface area contributed by atoms with Crippen LogP contribution >= 0.6 is 34.8 Å². The van der Waals surface area contributed by atoms with Gasteiger partial charge in [0.15, 0.2) is 5.78 Å². The van der Waals surface area contributed by atoms with Crippen LogP contribution in [-0.2, 0) is 0 Å². The topological polar surface area (TPSA) is 17.1 Å². The maximum atomic E-state index is 11.8. The van der Waals surface area contributed by atoms with Crippen LogP contribution in [-0.4, -0.2) is 5.78 Å². The molecule has 0 heterocycles. The maximum absolute atomic E-state index is 11.8. The van der Waals surface area contributed by atoms with Gasteiger partial charge in [-0.3, -0.25) is 4.79 Å². The number of hydrogen-bond acceptors (Lipinski definition) is 1. The van der Waals surface area contributed by atoms with Crippen molar-refractivity contribution >= 4 is 40.6 Å². The first-order valence-corrected chi connectivity index (χ1v) is 5.85. The molecule has 0 radical (unpaired) electrons. The molecule has 0 aliphatic rings. The average Bonchev–Trinajstić information content (AvgIpc) is 2.21. The Kier molecular flexibility index (Phi) is 4.85. The van der Waals surface area contributed by atoms with E-state index < -0.39 is 0 Å². The lowest BCUT2D eigenvalue weighted by Gasteiger charge is -2.04. The molecule has 4 heteroatoms. The van der Waals surface area contributed by atoms with E-state index in [2.05, 4.69) is 0 Å². The molecule has 0 aliphatic carbocycles. The second-order valence-corrected chi connectivity index (χ2v) is 4.97. The first-order chi connectivity index (χ1) is 7.41. The standard InChI is InChI=1S/C12H11Cl3O/c1-7-3-4-9(5-8(7)2)11(16)6-10(13)12(14)15/h3-5H,6H2,1-2H3. The Balaban J connectivity index is 2.90. The summed E-state index contributed by atoms with van der Waals surface area (Å²) in [7, 11) is 0. The molecule has 0 unspecified atom stereocenters. The number of aryl methyl sites for hydroxylation is 2. The molecule has 0 amide bonds. The Morgan fingerprint density at radius 1 is 1.12 bits per heavy atom. The molecule has 86 valence electrons. The van der Waals surface area contributed by atoms with Gasteiger partial charge in [-0.25, -0.2) is 0 Å². The van der Waals surface area contributed by atoms with Crippen LogP contribution < -0.4 is 0 Å². The normalized spacial score (nSPS) is 10.1. The van der Waals surface area contributed by atoms with Gasteiger partial charge < -0.3 is 0 Å². The summed E-state index contributed by atoms with van der Waals surface area (Å²) in [6.07, 6.45) is 0.0341. The highest BCUT2D eigenvalue weighted by Crippen LogP contribution is 2.23. The lowest BCUT2D eigenvalue weighted by atomic mass is 10.0. The molecule has 16 heavy (non-hydrogen) atoms. The summed E-state index contributed by atoms with van der Waals surface area (Å²) >= 11 is 16.7. The number of allylic oxidation sites excluding steroid dienone is 1. The van der Waals surface area contributed by atoms with Crippen LogP contribution in [0.25, 0.3) is 0 Å². The van der Waals surface area contributed by atoms with Gasteiger partial charge >= 0.3 is 0 Å². The van der Waals surface area contributed by atoms with E-state index in [4.69, 9.17) is 34.8 Å². The number of rotatable bonds is 3. The number of carbonyl (C=O) groups excluding carboxylic acids is 1. The Morgan fingerprint density at radius 3 is 2.25 bits per heavy atom. The Bertz CT molecular complexity index is 446. The van der Waals surface area contributed by atoms with E-state index in [1.807, 2.05) is 26.0 Å². The van der Waals surface area contributed by atoms with Crippen molar-refractivity contribution < 1.29 is 4.79 Å². The van der Waals surface area contributed by atoms with Crippen molar-refractivity contribution in [3.05, 3.63) is 44.4 Å². The summed E-state index contributed by atoms with van der Waals surface area (Å²) < 4.78 is -0.0566. The zero-order valence-electron chi connectivity index (χ0n) is 8.98. The number of ketones is 1. The molecular formula is C12H11Cl3O. The summed E-state index contributed by atoms with van der Waals surface area (Å²) in [5.41, 5.74) is 2.84. The second kappa shape index (κ2) is 5.72. The quantitative estimate of drug-likeness (QED) is 0.728. The molecular weight excluding hydrogens is 266 g/mol. The number of carbonyl (C=O) groups is 1. The molecule has 0 aromatic heterocycles. The summed E-state index contributed by atoms with van der Waals surface area (Å²) in [5, 5.41) is 0.173. The van der Waals surface area contributed by atoms with Gasteiger partial charge in [-0.2, -0.15) is 0 Å². The Hall–Kier alpha value is -0.500. The largest absolute Gasteiger partial charge is 0.294 e. The third-order valence-electron chi connectivity index (χ3n) is 2.35. The van der Waals surface area contributed by atoms with Gasteiger partial charge in [-0.15, -0.1) is 0 Å². The minimum atomic E-state index is -0.0908. The molecule has 0 aliphatic heterocycles. The Labute approximate surface area is 110 Å².